The van der Waals surface area contributed by atoms with Crippen LogP contribution in [0.15, 0.2) is 42.5 Å². The van der Waals surface area contributed by atoms with Crippen molar-refractivity contribution in [2.45, 2.75) is 19.5 Å². The Bertz CT molecular complexity index is 587. The van der Waals surface area contributed by atoms with Crippen LogP contribution in [0.1, 0.15) is 24.1 Å². The molecule has 2 aromatic rings. The topological polar surface area (TPSA) is 30.5 Å². The lowest BCUT2D eigenvalue weighted by molar-refractivity contribution is 0.350. The van der Waals surface area contributed by atoms with E-state index in [1.165, 1.54) is 5.56 Å². The quantitative estimate of drug-likeness (QED) is 0.867. The van der Waals surface area contributed by atoms with E-state index >= 15 is 0 Å². The first-order valence-corrected chi connectivity index (χ1v) is 7.22. The Hall–Kier alpha value is -1.71. The third-order valence-corrected chi connectivity index (χ3v) is 3.64. The summed E-state index contributed by atoms with van der Waals surface area (Å²) in [6, 6.07) is 14.2. The SMILES string of the molecule is COc1cc(Cl)cc(CN[C@H](C)c2ccccc2)c1OC. The molecular weight excluding hydrogens is 286 g/mol. The van der Waals surface area contributed by atoms with Crippen molar-refractivity contribution in [1.82, 2.24) is 5.32 Å². The fourth-order valence-electron chi connectivity index (χ4n) is 2.26. The molecule has 0 bridgehead atoms. The first-order valence-electron chi connectivity index (χ1n) is 6.84. The molecule has 0 aliphatic carbocycles. The van der Waals surface area contributed by atoms with E-state index in [0.717, 1.165) is 11.3 Å². The monoisotopic (exact) mass is 305 g/mol. The molecule has 3 nitrogen and oxygen atoms in total. The lowest BCUT2D eigenvalue weighted by Gasteiger charge is -2.17. The van der Waals surface area contributed by atoms with Crippen LogP contribution >= 0.6 is 11.6 Å². The number of methoxy groups -OCH3 is 2. The van der Waals surface area contributed by atoms with Crippen molar-refractivity contribution in [3.63, 3.8) is 0 Å². The van der Waals surface area contributed by atoms with Gasteiger partial charge in [-0.2, -0.15) is 0 Å². The Kier molecular flexibility index (Phi) is 5.48. The smallest absolute Gasteiger partial charge is 0.165 e. The van der Waals surface area contributed by atoms with Crippen molar-refractivity contribution < 1.29 is 9.47 Å². The van der Waals surface area contributed by atoms with Gasteiger partial charge in [0.1, 0.15) is 0 Å². The van der Waals surface area contributed by atoms with Gasteiger partial charge in [-0.3, -0.25) is 0 Å². The summed E-state index contributed by atoms with van der Waals surface area (Å²) in [4.78, 5) is 0. The Balaban J connectivity index is 2.14. The van der Waals surface area contributed by atoms with Crippen LogP contribution in [0.4, 0.5) is 0 Å². The number of hydrogen-bond donors (Lipinski definition) is 1. The molecule has 1 atom stereocenters. The van der Waals surface area contributed by atoms with Crippen LogP contribution < -0.4 is 14.8 Å². The van der Waals surface area contributed by atoms with Crippen molar-refractivity contribution in [2.75, 3.05) is 14.2 Å². The molecule has 0 aliphatic rings. The normalized spacial score (nSPS) is 12.0. The molecule has 0 unspecified atom stereocenters. The molecule has 0 amide bonds. The van der Waals surface area contributed by atoms with E-state index in [9.17, 15) is 0 Å². The fraction of sp³-hybridized carbons (Fsp3) is 0.294. The number of hydrogen-bond acceptors (Lipinski definition) is 3. The fourth-order valence-corrected chi connectivity index (χ4v) is 2.49. The van der Waals surface area contributed by atoms with Crippen molar-refractivity contribution in [2.24, 2.45) is 0 Å². The number of rotatable bonds is 6. The first-order chi connectivity index (χ1) is 10.2. The summed E-state index contributed by atoms with van der Waals surface area (Å²) in [5.74, 6) is 1.36. The molecular formula is C17H20ClNO2. The van der Waals surface area contributed by atoms with Gasteiger partial charge in [-0.1, -0.05) is 41.9 Å². The molecule has 0 aromatic heterocycles. The Morgan fingerprint density at radius 1 is 1.10 bits per heavy atom. The maximum Gasteiger partial charge on any atom is 0.165 e. The summed E-state index contributed by atoms with van der Waals surface area (Å²) in [7, 11) is 3.24. The lowest BCUT2D eigenvalue weighted by Crippen LogP contribution is -2.18. The number of halogens is 1. The van der Waals surface area contributed by atoms with Crippen LogP contribution in [0.2, 0.25) is 5.02 Å². The molecule has 0 heterocycles. The highest BCUT2D eigenvalue weighted by Gasteiger charge is 2.13. The highest BCUT2D eigenvalue weighted by Crippen LogP contribution is 2.34. The zero-order valence-corrected chi connectivity index (χ0v) is 13.3. The van der Waals surface area contributed by atoms with Crippen molar-refractivity contribution in [3.8, 4) is 11.5 Å². The van der Waals surface area contributed by atoms with E-state index in [1.54, 1.807) is 20.3 Å². The van der Waals surface area contributed by atoms with Gasteiger partial charge in [0.25, 0.3) is 0 Å². The summed E-state index contributed by atoms with van der Waals surface area (Å²) in [6.45, 7) is 2.78. The highest BCUT2D eigenvalue weighted by molar-refractivity contribution is 6.30. The summed E-state index contributed by atoms with van der Waals surface area (Å²) < 4.78 is 10.7. The molecule has 4 heteroatoms. The third-order valence-electron chi connectivity index (χ3n) is 3.42. The molecule has 2 rings (SSSR count). The minimum atomic E-state index is 0.237. The van der Waals surface area contributed by atoms with E-state index in [-0.39, 0.29) is 6.04 Å². The van der Waals surface area contributed by atoms with Gasteiger partial charge in [-0.15, -0.1) is 0 Å². The van der Waals surface area contributed by atoms with Crippen LogP contribution in [0.3, 0.4) is 0 Å². The van der Waals surface area contributed by atoms with Gasteiger partial charge in [0.2, 0.25) is 0 Å². The average Bonchev–Trinajstić information content (AvgIpc) is 2.52. The van der Waals surface area contributed by atoms with Gasteiger partial charge in [-0.05, 0) is 18.6 Å². The maximum absolute atomic E-state index is 6.13. The Morgan fingerprint density at radius 2 is 1.81 bits per heavy atom. The van der Waals surface area contributed by atoms with Crippen LogP contribution in [-0.4, -0.2) is 14.2 Å². The van der Waals surface area contributed by atoms with E-state index in [0.29, 0.717) is 17.3 Å². The molecule has 1 N–H and O–H groups in total. The Morgan fingerprint density at radius 3 is 2.43 bits per heavy atom. The average molecular weight is 306 g/mol. The molecule has 0 saturated carbocycles. The predicted octanol–water partition coefficient (Wildman–Crippen LogP) is 4.21. The maximum atomic E-state index is 6.13. The lowest BCUT2D eigenvalue weighted by atomic mass is 10.1. The van der Waals surface area contributed by atoms with Gasteiger partial charge in [0.05, 0.1) is 14.2 Å². The van der Waals surface area contributed by atoms with Gasteiger partial charge in [0.15, 0.2) is 11.5 Å². The van der Waals surface area contributed by atoms with E-state index in [1.807, 2.05) is 24.3 Å². The third kappa shape index (κ3) is 3.90. The van der Waals surface area contributed by atoms with Crippen molar-refractivity contribution >= 4 is 11.6 Å². The van der Waals surface area contributed by atoms with Crippen molar-refractivity contribution in [1.29, 1.82) is 0 Å². The van der Waals surface area contributed by atoms with Crippen LogP contribution in [0.5, 0.6) is 11.5 Å². The summed E-state index contributed by atoms with van der Waals surface area (Å²) in [6.07, 6.45) is 0. The molecule has 0 aliphatic heterocycles. The molecule has 0 fully saturated rings. The van der Waals surface area contributed by atoms with Gasteiger partial charge < -0.3 is 14.8 Å². The molecule has 0 spiro atoms. The van der Waals surface area contributed by atoms with Gasteiger partial charge >= 0.3 is 0 Å². The standard InChI is InChI=1S/C17H20ClNO2/c1-12(13-7-5-4-6-8-13)19-11-14-9-15(18)10-16(20-2)17(14)21-3/h4-10,12,19H,11H2,1-3H3/t12-/m1/s1. The summed E-state index contributed by atoms with van der Waals surface area (Å²) >= 11 is 6.13. The minimum absolute atomic E-state index is 0.237. The number of ether oxygens (including phenoxy) is 2. The summed E-state index contributed by atoms with van der Waals surface area (Å²) in [5.41, 5.74) is 2.22. The number of benzene rings is 2. The van der Waals surface area contributed by atoms with E-state index in [4.69, 9.17) is 21.1 Å². The molecule has 0 radical (unpaired) electrons. The Labute approximate surface area is 130 Å². The van der Waals surface area contributed by atoms with Crippen LogP contribution in [0, 0.1) is 0 Å². The zero-order valence-electron chi connectivity index (χ0n) is 12.5. The minimum Gasteiger partial charge on any atom is -0.493 e. The van der Waals surface area contributed by atoms with Crippen LogP contribution in [0.25, 0.3) is 0 Å². The van der Waals surface area contributed by atoms with E-state index < -0.39 is 0 Å². The summed E-state index contributed by atoms with van der Waals surface area (Å²) in [5, 5.41) is 4.11. The largest absolute Gasteiger partial charge is 0.493 e. The molecule has 112 valence electrons. The van der Waals surface area contributed by atoms with Crippen molar-refractivity contribution in [3.05, 3.63) is 58.6 Å². The second-order valence-corrected chi connectivity index (χ2v) is 5.25. The second-order valence-electron chi connectivity index (χ2n) is 4.81. The van der Waals surface area contributed by atoms with Gasteiger partial charge in [0, 0.05) is 29.2 Å². The zero-order chi connectivity index (χ0) is 15.2. The van der Waals surface area contributed by atoms with Gasteiger partial charge in [-0.25, -0.2) is 0 Å². The molecule has 21 heavy (non-hydrogen) atoms. The van der Waals surface area contributed by atoms with E-state index in [2.05, 4.69) is 24.4 Å². The highest BCUT2D eigenvalue weighted by atomic mass is 35.5. The first kappa shape index (κ1) is 15.7. The second kappa shape index (κ2) is 7.34. The molecule has 2 aromatic carbocycles. The van der Waals surface area contributed by atoms with Crippen LogP contribution in [-0.2, 0) is 6.54 Å². The predicted molar refractivity (Wildman–Crippen MR) is 86.3 cm³/mol. The number of nitrogens with one attached hydrogen (secondary N) is 1. The molecule has 0 saturated heterocycles.